The Labute approximate surface area is 685 Å². The van der Waals surface area contributed by atoms with Crippen molar-refractivity contribution in [3.8, 4) is 46.0 Å². The molecule has 0 saturated carbocycles. The first kappa shape index (κ1) is 88.2. The molecular formula is C75H93Cl2N3O28S5. The molecule has 8 aliphatic heterocycles. The minimum atomic E-state index is -1.48. The molecule has 12 unspecified atom stereocenters. The molecule has 10 aliphatic rings. The lowest BCUT2D eigenvalue weighted by atomic mass is 9.66. The Morgan fingerprint density at radius 1 is 0.558 bits per heavy atom. The fraction of sp³-hybridized carbons (Fsp3) is 0.560. The minimum absolute atomic E-state index is 0. The van der Waals surface area contributed by atoms with Crippen LogP contribution < -0.4 is 74.2 Å². The predicted octanol–water partition coefficient (Wildman–Crippen LogP) is -1.77. The number of halogens is 2. The van der Waals surface area contributed by atoms with Gasteiger partial charge in [0.15, 0.2) is 71.2 Å². The molecule has 20 atom stereocenters. The van der Waals surface area contributed by atoms with Gasteiger partial charge in [0.25, 0.3) is 0 Å². The summed E-state index contributed by atoms with van der Waals surface area (Å²) in [5.41, 5.74) is 11.7. The van der Waals surface area contributed by atoms with Gasteiger partial charge >= 0.3 is 23.9 Å². The highest BCUT2D eigenvalue weighted by atomic mass is 35.5. The van der Waals surface area contributed by atoms with E-state index in [0.29, 0.717) is 86.1 Å². The van der Waals surface area contributed by atoms with E-state index in [-0.39, 0.29) is 101 Å². The largest absolute Gasteiger partial charge is 1.00 e. The first-order valence-electron chi connectivity index (χ1n) is 36.6. The van der Waals surface area contributed by atoms with E-state index in [0.717, 1.165) is 35.4 Å². The molecule has 15 rings (SSSR count). The van der Waals surface area contributed by atoms with E-state index in [1.165, 1.54) is 25.0 Å². The lowest BCUT2D eigenvalue weighted by molar-refractivity contribution is -0.364. The summed E-state index contributed by atoms with van der Waals surface area (Å²) in [6.07, 6.45) is -10.9. The summed E-state index contributed by atoms with van der Waals surface area (Å²) in [6.45, 7) is 4.45. The quantitative estimate of drug-likeness (QED) is 0.00972. The number of carbonyl (C=O) groups excluding carboxylic acids is 4. The Kier molecular flexibility index (Phi) is 31.8. The molecule has 6 saturated heterocycles. The van der Waals surface area contributed by atoms with Gasteiger partial charge in [-0.1, -0.05) is 38.4 Å². The van der Waals surface area contributed by atoms with E-state index in [4.69, 9.17) is 85.3 Å². The Hall–Kier alpha value is -5.60. The number of aromatic nitrogens is 1. The van der Waals surface area contributed by atoms with Crippen molar-refractivity contribution in [1.29, 1.82) is 0 Å². The van der Waals surface area contributed by atoms with Crippen LogP contribution in [0.15, 0.2) is 78.0 Å². The van der Waals surface area contributed by atoms with Crippen LogP contribution in [0.4, 0.5) is 0 Å². The van der Waals surface area contributed by atoms with E-state index >= 15 is 0 Å². The molecule has 9 heterocycles. The van der Waals surface area contributed by atoms with Crippen LogP contribution in [-0.4, -0.2) is 224 Å². The van der Waals surface area contributed by atoms with E-state index in [2.05, 4.69) is 29.1 Å². The fourth-order valence-corrected chi connectivity index (χ4v) is 19.3. The van der Waals surface area contributed by atoms with Crippen LogP contribution in [-0.2, 0) is 79.8 Å². The van der Waals surface area contributed by atoms with Crippen molar-refractivity contribution < 1.29 is 171 Å². The highest BCUT2D eigenvalue weighted by Crippen LogP contribution is 2.59. The summed E-state index contributed by atoms with van der Waals surface area (Å²) in [5.74, 6) is -0.127. The number of esters is 4. The highest BCUT2D eigenvalue weighted by molar-refractivity contribution is 8.77. The van der Waals surface area contributed by atoms with Crippen LogP contribution >= 0.6 is 55.8 Å². The second-order valence-corrected chi connectivity index (χ2v) is 33.1. The summed E-state index contributed by atoms with van der Waals surface area (Å²) in [5, 5.41) is 66.4. The Morgan fingerprint density at radius 3 is 1.40 bits per heavy atom. The molecule has 0 bridgehead atoms. The Bertz CT molecular complexity index is 4020. The van der Waals surface area contributed by atoms with Gasteiger partial charge in [-0.3, -0.25) is 19.2 Å². The molecule has 6 fully saturated rings. The van der Waals surface area contributed by atoms with Crippen molar-refractivity contribution in [3.05, 3.63) is 117 Å². The normalized spacial score (nSPS) is 29.7. The number of rotatable bonds is 26. The standard InChI is InChI=1S/C38H41NO14S2.C35H43NO14S2.C2H7NS.2ClH/c1-18-46-16-27-36(50-18)32(42)33(43)38(51-27)53-35-22-13-25-24(48-17-49-25)12-21(22)30(31-23(35)15-47-37(31)44)19-10-20(14-40)34(26(11-19)45-2)52-29(41)7-5-9-54-55-28-6-3-4-8-39-28;1-16-43-14-25-33(47-16)29(39)30(40)35(48-25)50-32-20-11-23-22(45-15-46-23)10-19(20)27(28-21(32)13-44-34(28)41)17-8-18(12-37)31(24(9-17)42-2)49-26(38)4-3-6-51-52-7-5-36;3-1-2-4;;/h3-4,6,8,10-13,18,23,27,30-33,35-36,38,40,42-43H,5,7,9,14-17H2,1-2H3;8-11,16,21,25,27-30,32-33,35,37,39-40H,3-7,12-15,36H2,1-2H3;4H,1-3H2;2*1H/t18?,23-,27?,30+,31-,32?,33?,35+,36?,38?;16?,21-,25?,27+,28-,29?,30?,32+,33?,35?;;;/m00.../s1. The molecule has 620 valence electrons. The molecule has 31 nitrogen and oxygen atoms in total. The number of methoxy groups -OCH3 is 2. The number of thiol groups is 1. The van der Waals surface area contributed by atoms with Crippen molar-refractivity contribution in [3.63, 3.8) is 0 Å². The number of quaternary nitrogens is 2. The summed E-state index contributed by atoms with van der Waals surface area (Å²) in [7, 11) is 9.39. The maximum absolute atomic E-state index is 13.7. The van der Waals surface area contributed by atoms with E-state index in [1.807, 2.05) is 18.2 Å². The third kappa shape index (κ3) is 19.6. The molecule has 38 heteroatoms. The molecule has 12 N–H and O–H groups in total. The number of aliphatic hydroxyl groups excluding tert-OH is 6. The van der Waals surface area contributed by atoms with Crippen molar-refractivity contribution in [2.24, 2.45) is 23.7 Å². The molecule has 0 spiro atoms. The third-order valence-electron chi connectivity index (χ3n) is 20.5. The number of hydrogen-bond donors (Lipinski definition) is 9. The molecule has 1 aromatic heterocycles. The summed E-state index contributed by atoms with van der Waals surface area (Å²) < 4.78 is 105. The average molecular weight is 1720 g/mol. The van der Waals surface area contributed by atoms with Crippen LogP contribution in [0.1, 0.15) is 108 Å². The van der Waals surface area contributed by atoms with Gasteiger partial charge in [-0.2, -0.15) is 12.6 Å². The van der Waals surface area contributed by atoms with Crippen LogP contribution in [0.5, 0.6) is 46.0 Å². The number of benzene rings is 4. The van der Waals surface area contributed by atoms with Crippen molar-refractivity contribution in [2.45, 2.75) is 156 Å². The van der Waals surface area contributed by atoms with Crippen LogP contribution in [0.3, 0.4) is 0 Å². The van der Waals surface area contributed by atoms with Crippen LogP contribution in [0, 0.1) is 23.7 Å². The van der Waals surface area contributed by atoms with Gasteiger partial charge in [0.2, 0.25) is 13.6 Å². The zero-order valence-electron chi connectivity index (χ0n) is 62.1. The number of hydrogen-bond acceptors (Lipinski definition) is 34. The lowest BCUT2D eigenvalue weighted by Crippen LogP contribution is -3.00. The number of nitrogens with zero attached hydrogens (tertiary/aromatic N) is 1. The van der Waals surface area contributed by atoms with E-state index in [1.54, 1.807) is 101 Å². The third-order valence-corrected chi connectivity index (χ3v) is 25.7. The number of carbonyl (C=O) groups is 4. The fourth-order valence-electron chi connectivity index (χ4n) is 15.3. The SMILES string of the molecule is COc1cc([C@@H]2c3cc4c(cc3[C@@H](OC3OC5COC(C)OC5C(O)C3O)[C@H]3COC(=O)[C@H]23)OCO4)cc(CO)c1OC(=O)CCCSSCC[NH3+].COc1cc([C@@H]2c3cc4c(cc3[C@@H](OC3OC5COC(C)OC5C(O)C3O)[C@H]3COC(=O)[C@H]23)OCO4)cc(CO)c1OC(=O)CCCSSc1ccccn1.[Cl-].[Cl-].[NH3+]CCS. The molecule has 4 aromatic carbocycles. The smallest absolute Gasteiger partial charge is 0.311 e. The van der Waals surface area contributed by atoms with Crippen LogP contribution in [0.25, 0.3) is 0 Å². The van der Waals surface area contributed by atoms with Crippen molar-refractivity contribution >= 4 is 79.7 Å². The summed E-state index contributed by atoms with van der Waals surface area (Å²) in [4.78, 5) is 57.6. The van der Waals surface area contributed by atoms with Crippen LogP contribution in [0.2, 0.25) is 0 Å². The molecule has 5 aromatic rings. The zero-order chi connectivity index (χ0) is 78.1. The van der Waals surface area contributed by atoms with Gasteiger partial charge in [0.1, 0.15) is 53.9 Å². The number of fused-ring (bicyclic) bond motifs is 8. The van der Waals surface area contributed by atoms with Gasteiger partial charge in [-0.05, 0) is 132 Å². The van der Waals surface area contributed by atoms with Gasteiger partial charge in [0, 0.05) is 71.1 Å². The topological polar surface area (TPSA) is 424 Å². The average Bonchev–Trinajstić information content (AvgIpc) is 1.67. The molecule has 113 heavy (non-hydrogen) atoms. The first-order chi connectivity index (χ1) is 53.9. The second kappa shape index (κ2) is 40.7. The number of ether oxygens (including phenoxy) is 18. The number of pyridine rings is 1. The molecule has 0 amide bonds. The van der Waals surface area contributed by atoms with Crippen molar-refractivity contribution in [1.82, 2.24) is 4.98 Å². The monoisotopic (exact) mass is 1710 g/mol. The second-order valence-electron chi connectivity index (χ2n) is 27.5. The zero-order valence-corrected chi connectivity index (χ0v) is 67.7. The maximum atomic E-state index is 13.7. The first-order valence-corrected chi connectivity index (χ1v) is 42.1. The Balaban J connectivity index is 0.000000210. The van der Waals surface area contributed by atoms with Gasteiger partial charge in [-0.15, -0.1) is 0 Å². The Morgan fingerprint density at radius 2 is 0.991 bits per heavy atom. The van der Waals surface area contributed by atoms with E-state index < -0.39 is 159 Å². The van der Waals surface area contributed by atoms with Crippen molar-refractivity contribution in [2.75, 3.05) is 90.3 Å². The molecular weight excluding hydrogens is 1620 g/mol. The lowest BCUT2D eigenvalue weighted by Gasteiger charge is -2.47. The maximum Gasteiger partial charge on any atom is 0.311 e. The summed E-state index contributed by atoms with van der Waals surface area (Å²) in [6, 6.07) is 19.6. The molecule has 2 aliphatic carbocycles. The highest BCUT2D eigenvalue weighted by Gasteiger charge is 2.59. The predicted molar refractivity (Wildman–Crippen MR) is 399 cm³/mol. The number of aliphatic hydroxyl groups is 6. The van der Waals surface area contributed by atoms with E-state index in [9.17, 15) is 49.8 Å². The summed E-state index contributed by atoms with van der Waals surface area (Å²) >= 11 is 3.86. The molecule has 0 radical (unpaired) electrons. The minimum Gasteiger partial charge on any atom is -1.00 e. The van der Waals surface area contributed by atoms with Gasteiger partial charge in [0.05, 0.1) is 96.7 Å². The van der Waals surface area contributed by atoms with Gasteiger partial charge < -0.3 is 152 Å². The number of cyclic esters (lactones) is 2. The van der Waals surface area contributed by atoms with Gasteiger partial charge in [-0.25, -0.2) is 4.98 Å².